The number of non-ortho nitro benzene ring substituents is 1. The Bertz CT molecular complexity index is 1170. The van der Waals surface area contributed by atoms with E-state index in [9.17, 15) is 14.9 Å². The quantitative estimate of drug-likeness (QED) is 0.262. The molecule has 0 unspecified atom stereocenters. The van der Waals surface area contributed by atoms with E-state index in [-0.39, 0.29) is 17.6 Å². The van der Waals surface area contributed by atoms with Gasteiger partial charge in [0.2, 0.25) is 0 Å². The molecule has 1 heterocycles. The standard InChI is InChI=1S/C22H22ClN3O6/c1-4-13(3)31-21-17(23)8-14(9-19(21)30-5-2)12-24-25-22(27)20-11-15-10-16(26(28)29)6-7-18(15)32-20/h6-13H,4-5H2,1-3H3,(H,25,27)/b24-12-/t13-/m0/s1. The van der Waals surface area contributed by atoms with E-state index in [0.29, 0.717) is 39.7 Å². The molecule has 0 saturated carbocycles. The van der Waals surface area contributed by atoms with E-state index in [2.05, 4.69) is 10.5 Å². The average molecular weight is 460 g/mol. The van der Waals surface area contributed by atoms with Crippen LogP contribution < -0.4 is 14.9 Å². The van der Waals surface area contributed by atoms with Gasteiger partial charge in [0.15, 0.2) is 17.3 Å². The smallest absolute Gasteiger partial charge is 0.307 e. The first-order valence-electron chi connectivity index (χ1n) is 9.96. The van der Waals surface area contributed by atoms with Crippen LogP contribution in [0.4, 0.5) is 5.69 Å². The fraction of sp³-hybridized carbons (Fsp3) is 0.273. The number of furan rings is 1. The van der Waals surface area contributed by atoms with Crippen LogP contribution in [-0.4, -0.2) is 29.8 Å². The Kier molecular flexibility index (Phi) is 7.32. The van der Waals surface area contributed by atoms with E-state index in [0.717, 1.165) is 6.42 Å². The number of hydrogen-bond donors (Lipinski definition) is 1. The molecule has 32 heavy (non-hydrogen) atoms. The van der Waals surface area contributed by atoms with Crippen molar-refractivity contribution in [1.29, 1.82) is 0 Å². The summed E-state index contributed by atoms with van der Waals surface area (Å²) < 4.78 is 16.9. The van der Waals surface area contributed by atoms with Gasteiger partial charge in [-0.05, 0) is 50.1 Å². The van der Waals surface area contributed by atoms with Crippen LogP contribution in [0.3, 0.4) is 0 Å². The zero-order chi connectivity index (χ0) is 23.3. The van der Waals surface area contributed by atoms with Crippen molar-refractivity contribution >= 4 is 40.4 Å². The van der Waals surface area contributed by atoms with E-state index in [1.807, 2.05) is 20.8 Å². The molecule has 1 amide bonds. The van der Waals surface area contributed by atoms with Crippen LogP contribution in [0.2, 0.25) is 5.02 Å². The van der Waals surface area contributed by atoms with Gasteiger partial charge in [-0.3, -0.25) is 14.9 Å². The first-order chi connectivity index (χ1) is 15.3. The number of carbonyl (C=O) groups is 1. The number of fused-ring (bicyclic) bond motifs is 1. The molecule has 3 rings (SSSR count). The van der Waals surface area contributed by atoms with Crippen molar-refractivity contribution in [3.05, 3.63) is 62.9 Å². The molecule has 0 aliphatic heterocycles. The van der Waals surface area contributed by atoms with Crippen molar-refractivity contribution in [3.8, 4) is 11.5 Å². The zero-order valence-corrected chi connectivity index (χ0v) is 18.5. The molecule has 0 saturated heterocycles. The summed E-state index contributed by atoms with van der Waals surface area (Å²) >= 11 is 6.37. The Morgan fingerprint density at radius 1 is 1.31 bits per heavy atom. The van der Waals surface area contributed by atoms with E-state index in [1.165, 1.54) is 30.5 Å². The summed E-state index contributed by atoms with van der Waals surface area (Å²) in [7, 11) is 0. The second-order valence-corrected chi connectivity index (χ2v) is 7.30. The van der Waals surface area contributed by atoms with Crippen molar-refractivity contribution in [2.75, 3.05) is 6.61 Å². The third-order valence-electron chi connectivity index (χ3n) is 4.54. The van der Waals surface area contributed by atoms with Gasteiger partial charge in [0.05, 0.1) is 28.9 Å². The topological polar surface area (TPSA) is 116 Å². The molecular formula is C22H22ClN3O6. The van der Waals surface area contributed by atoms with Crippen LogP contribution >= 0.6 is 11.6 Å². The first kappa shape index (κ1) is 23.1. The summed E-state index contributed by atoms with van der Waals surface area (Å²) in [5.74, 6) is 0.309. The second kappa shape index (κ2) is 10.1. The predicted molar refractivity (Wildman–Crippen MR) is 121 cm³/mol. The number of benzene rings is 2. The number of hydrogen-bond acceptors (Lipinski definition) is 7. The molecule has 0 fully saturated rings. The highest BCUT2D eigenvalue weighted by Gasteiger charge is 2.16. The van der Waals surface area contributed by atoms with Gasteiger partial charge >= 0.3 is 5.91 Å². The van der Waals surface area contributed by atoms with Gasteiger partial charge in [0.25, 0.3) is 5.69 Å². The van der Waals surface area contributed by atoms with Crippen LogP contribution in [0.1, 0.15) is 43.3 Å². The van der Waals surface area contributed by atoms with Gasteiger partial charge in [-0.15, -0.1) is 0 Å². The molecule has 10 heteroatoms. The minimum atomic E-state index is -0.604. The minimum absolute atomic E-state index is 0.0250. The number of carbonyl (C=O) groups excluding carboxylic acids is 1. The van der Waals surface area contributed by atoms with Crippen LogP contribution in [-0.2, 0) is 0 Å². The van der Waals surface area contributed by atoms with Crippen molar-refractivity contribution in [1.82, 2.24) is 5.43 Å². The molecular weight excluding hydrogens is 438 g/mol. The van der Waals surface area contributed by atoms with E-state index in [4.69, 9.17) is 25.5 Å². The first-order valence-corrected chi connectivity index (χ1v) is 10.3. The van der Waals surface area contributed by atoms with Crippen LogP contribution in [0.5, 0.6) is 11.5 Å². The summed E-state index contributed by atoms with van der Waals surface area (Å²) in [6.07, 6.45) is 2.19. The number of halogens is 1. The third kappa shape index (κ3) is 5.36. The van der Waals surface area contributed by atoms with E-state index >= 15 is 0 Å². The van der Waals surface area contributed by atoms with Crippen LogP contribution in [0.25, 0.3) is 11.0 Å². The molecule has 0 aliphatic rings. The lowest BCUT2D eigenvalue weighted by Crippen LogP contribution is -2.16. The number of nitrogens with zero attached hydrogens (tertiary/aromatic N) is 2. The Hall–Kier alpha value is -3.59. The molecule has 0 bridgehead atoms. The molecule has 9 nitrogen and oxygen atoms in total. The van der Waals surface area contributed by atoms with Gasteiger partial charge in [-0.25, -0.2) is 5.43 Å². The average Bonchev–Trinajstić information content (AvgIpc) is 3.19. The molecule has 3 aromatic rings. The number of ether oxygens (including phenoxy) is 2. The summed E-state index contributed by atoms with van der Waals surface area (Å²) in [5, 5.41) is 15.6. The number of amides is 1. The summed E-state index contributed by atoms with van der Waals surface area (Å²) in [5.41, 5.74) is 3.22. The van der Waals surface area contributed by atoms with Crippen LogP contribution in [0, 0.1) is 10.1 Å². The SMILES string of the molecule is CCOc1cc(/C=N\NC(=O)c2cc3cc([N+](=O)[O-])ccc3o2)cc(Cl)c1O[C@@H](C)CC. The summed E-state index contributed by atoms with van der Waals surface area (Å²) in [4.78, 5) is 22.7. The number of nitro groups is 1. The maximum absolute atomic E-state index is 12.3. The summed E-state index contributed by atoms with van der Waals surface area (Å²) in [6, 6.07) is 8.85. The molecule has 168 valence electrons. The number of hydrazone groups is 1. The second-order valence-electron chi connectivity index (χ2n) is 6.89. The molecule has 1 N–H and O–H groups in total. The fourth-order valence-electron chi connectivity index (χ4n) is 2.80. The lowest BCUT2D eigenvalue weighted by Gasteiger charge is -2.18. The van der Waals surface area contributed by atoms with E-state index < -0.39 is 10.8 Å². The maximum Gasteiger partial charge on any atom is 0.307 e. The van der Waals surface area contributed by atoms with E-state index in [1.54, 1.807) is 12.1 Å². The normalized spacial score (nSPS) is 12.1. The monoisotopic (exact) mass is 459 g/mol. The highest BCUT2D eigenvalue weighted by atomic mass is 35.5. The Morgan fingerprint density at radius 2 is 2.09 bits per heavy atom. The Labute approximate surface area is 189 Å². The Morgan fingerprint density at radius 3 is 2.78 bits per heavy atom. The predicted octanol–water partition coefficient (Wildman–Crippen LogP) is 5.33. The lowest BCUT2D eigenvalue weighted by molar-refractivity contribution is -0.384. The summed E-state index contributed by atoms with van der Waals surface area (Å²) in [6.45, 7) is 6.22. The van der Waals surface area contributed by atoms with Gasteiger partial charge in [-0.1, -0.05) is 18.5 Å². The Balaban J connectivity index is 1.75. The van der Waals surface area contributed by atoms with Gasteiger partial charge in [0, 0.05) is 17.5 Å². The minimum Gasteiger partial charge on any atom is -0.490 e. The third-order valence-corrected chi connectivity index (χ3v) is 4.82. The molecule has 2 aromatic carbocycles. The molecule has 1 atom stereocenters. The van der Waals surface area contributed by atoms with Gasteiger partial charge in [-0.2, -0.15) is 5.10 Å². The fourth-order valence-corrected chi connectivity index (χ4v) is 3.06. The number of rotatable bonds is 9. The molecule has 0 aliphatic carbocycles. The zero-order valence-electron chi connectivity index (χ0n) is 17.8. The van der Waals surface area contributed by atoms with Crippen molar-refractivity contribution < 1.29 is 23.6 Å². The lowest BCUT2D eigenvalue weighted by atomic mass is 10.2. The molecule has 1 aromatic heterocycles. The highest BCUT2D eigenvalue weighted by Crippen LogP contribution is 2.37. The molecule has 0 spiro atoms. The molecule has 0 radical (unpaired) electrons. The number of nitro benzene ring substituents is 1. The van der Waals surface area contributed by atoms with Crippen molar-refractivity contribution in [2.45, 2.75) is 33.3 Å². The number of nitrogens with one attached hydrogen (secondary N) is 1. The maximum atomic E-state index is 12.3. The van der Waals surface area contributed by atoms with Gasteiger partial charge < -0.3 is 13.9 Å². The van der Waals surface area contributed by atoms with Crippen molar-refractivity contribution in [3.63, 3.8) is 0 Å². The highest BCUT2D eigenvalue weighted by molar-refractivity contribution is 6.32. The van der Waals surface area contributed by atoms with Crippen LogP contribution in [0.15, 0.2) is 45.9 Å². The van der Waals surface area contributed by atoms with Crippen molar-refractivity contribution in [2.24, 2.45) is 5.10 Å². The largest absolute Gasteiger partial charge is 0.490 e. The van der Waals surface area contributed by atoms with Gasteiger partial charge in [0.1, 0.15) is 5.58 Å².